The van der Waals surface area contributed by atoms with E-state index < -0.39 is 10.0 Å². The summed E-state index contributed by atoms with van der Waals surface area (Å²) in [4.78, 5) is 27.9. The molecule has 1 saturated heterocycles. The molecule has 1 N–H and O–H groups in total. The monoisotopic (exact) mass is 424 g/mol. The van der Waals surface area contributed by atoms with E-state index in [2.05, 4.69) is 5.32 Å². The number of sulfonamides is 1. The summed E-state index contributed by atoms with van der Waals surface area (Å²) in [5, 5.41) is 2.78. The topological polar surface area (TPSA) is 90.0 Å². The van der Waals surface area contributed by atoms with E-state index in [1.165, 1.54) is 4.31 Å². The van der Waals surface area contributed by atoms with Crippen molar-refractivity contribution in [2.45, 2.75) is 32.1 Å². The minimum atomic E-state index is -3.58. The maximum atomic E-state index is 13.0. The summed E-state index contributed by atoms with van der Waals surface area (Å²) in [6.07, 6.45) is 0.865. The van der Waals surface area contributed by atoms with Gasteiger partial charge in [-0.15, -0.1) is 0 Å². The van der Waals surface area contributed by atoms with Gasteiger partial charge < -0.3 is 10.2 Å². The average Bonchev–Trinajstić information content (AvgIpc) is 2.68. The number of nitrogens with zero attached hydrogens (tertiary/aromatic N) is 3. The van der Waals surface area contributed by atoms with E-state index in [0.29, 0.717) is 24.5 Å². The first-order chi connectivity index (χ1) is 13.6. The van der Waals surface area contributed by atoms with Crippen molar-refractivity contribution in [3.05, 3.63) is 29.3 Å². The average molecular weight is 425 g/mol. The molecule has 0 aromatic heterocycles. The molecule has 0 spiro atoms. The van der Waals surface area contributed by atoms with E-state index >= 15 is 0 Å². The fourth-order valence-corrected chi connectivity index (χ4v) is 4.99. The first kappa shape index (κ1) is 23.3. The summed E-state index contributed by atoms with van der Waals surface area (Å²) in [6.45, 7) is 7.77. The molecule has 29 heavy (non-hydrogen) atoms. The zero-order valence-electron chi connectivity index (χ0n) is 17.8. The van der Waals surface area contributed by atoms with Crippen molar-refractivity contribution in [1.82, 2.24) is 19.4 Å². The molecule has 162 valence electrons. The fraction of sp³-hybridized carbons (Fsp3) is 0.600. The molecule has 0 aliphatic carbocycles. The summed E-state index contributed by atoms with van der Waals surface area (Å²) in [6, 6.07) is 5.40. The Morgan fingerprint density at radius 2 is 1.76 bits per heavy atom. The second-order valence-corrected chi connectivity index (χ2v) is 9.48. The van der Waals surface area contributed by atoms with Crippen molar-refractivity contribution >= 4 is 21.8 Å². The van der Waals surface area contributed by atoms with E-state index in [1.807, 2.05) is 26.0 Å². The molecule has 1 fully saturated rings. The zero-order valence-corrected chi connectivity index (χ0v) is 18.6. The molecule has 0 radical (unpaired) electrons. The lowest BCUT2D eigenvalue weighted by atomic mass is 10.2. The zero-order chi connectivity index (χ0) is 21.6. The van der Waals surface area contributed by atoms with Crippen LogP contribution in [0.4, 0.5) is 0 Å². The van der Waals surface area contributed by atoms with Gasteiger partial charge in [0.15, 0.2) is 0 Å². The molecule has 2 amide bonds. The number of likely N-dealkylation sites (N-methyl/N-ethyl adjacent to an activating group) is 1. The Morgan fingerprint density at radius 1 is 1.10 bits per heavy atom. The van der Waals surface area contributed by atoms with Gasteiger partial charge in [-0.25, -0.2) is 8.42 Å². The number of nitrogens with one attached hydrogen (secondary N) is 1. The molecule has 0 unspecified atom stereocenters. The third kappa shape index (κ3) is 6.25. The molecule has 1 aliphatic rings. The summed E-state index contributed by atoms with van der Waals surface area (Å²) < 4.78 is 27.4. The smallest absolute Gasteiger partial charge is 0.243 e. The minimum absolute atomic E-state index is 0.0976. The van der Waals surface area contributed by atoms with Crippen molar-refractivity contribution in [2.75, 3.05) is 52.9 Å². The van der Waals surface area contributed by atoms with Gasteiger partial charge in [-0.2, -0.15) is 4.31 Å². The molecule has 0 saturated carbocycles. The van der Waals surface area contributed by atoms with Crippen LogP contribution >= 0.6 is 0 Å². The number of carbonyl (C=O) groups is 2. The van der Waals surface area contributed by atoms with Crippen LogP contribution in [0.2, 0.25) is 0 Å². The molecule has 0 atom stereocenters. The first-order valence-corrected chi connectivity index (χ1v) is 11.4. The van der Waals surface area contributed by atoms with Gasteiger partial charge in [-0.1, -0.05) is 19.1 Å². The largest absolute Gasteiger partial charge is 0.355 e. The lowest BCUT2D eigenvalue weighted by molar-refractivity contribution is -0.133. The Hall–Kier alpha value is -1.97. The molecule has 1 aromatic rings. The van der Waals surface area contributed by atoms with Crippen molar-refractivity contribution in [3.8, 4) is 0 Å². The number of piperazine rings is 1. The Balaban J connectivity index is 1.90. The number of hydrogen-bond acceptors (Lipinski definition) is 5. The van der Waals surface area contributed by atoms with Crippen LogP contribution in [0.15, 0.2) is 23.1 Å². The lowest BCUT2D eigenvalue weighted by Gasteiger charge is -2.35. The van der Waals surface area contributed by atoms with Gasteiger partial charge in [0.05, 0.1) is 18.0 Å². The number of amides is 2. The Bertz CT molecular complexity index is 833. The first-order valence-electron chi connectivity index (χ1n) is 9.95. The van der Waals surface area contributed by atoms with Crippen molar-refractivity contribution < 1.29 is 18.0 Å². The highest BCUT2D eigenvalue weighted by molar-refractivity contribution is 7.89. The fourth-order valence-electron chi connectivity index (χ4n) is 3.25. The molecule has 9 heteroatoms. The number of hydrogen-bond donors (Lipinski definition) is 1. The van der Waals surface area contributed by atoms with E-state index in [0.717, 1.165) is 17.5 Å². The SMILES string of the molecule is CCCNC(=O)CN(C)CC(=O)N1CCN(S(=O)(=O)c2cc(C)ccc2C)CC1. The molecule has 1 heterocycles. The molecular formula is C20H32N4O4S. The molecule has 1 aromatic carbocycles. The summed E-state index contributed by atoms with van der Waals surface area (Å²) >= 11 is 0. The normalized spacial score (nSPS) is 15.6. The highest BCUT2D eigenvalue weighted by Crippen LogP contribution is 2.22. The van der Waals surface area contributed by atoms with E-state index in [4.69, 9.17) is 0 Å². The van der Waals surface area contributed by atoms with Crippen LogP contribution in [0.5, 0.6) is 0 Å². The Kier molecular flexibility index (Phi) is 8.18. The van der Waals surface area contributed by atoms with Gasteiger partial charge in [0.25, 0.3) is 0 Å². The molecule has 8 nitrogen and oxygen atoms in total. The van der Waals surface area contributed by atoms with Crippen LogP contribution < -0.4 is 5.32 Å². The van der Waals surface area contributed by atoms with Crippen LogP contribution in [0.3, 0.4) is 0 Å². The number of carbonyl (C=O) groups excluding carboxylic acids is 2. The highest BCUT2D eigenvalue weighted by atomic mass is 32.2. The van der Waals surface area contributed by atoms with Crippen molar-refractivity contribution in [1.29, 1.82) is 0 Å². The highest BCUT2D eigenvalue weighted by Gasteiger charge is 2.31. The third-order valence-electron chi connectivity index (χ3n) is 4.94. The number of aryl methyl sites for hydroxylation is 2. The van der Waals surface area contributed by atoms with Gasteiger partial charge in [0, 0.05) is 32.7 Å². The van der Waals surface area contributed by atoms with Crippen molar-refractivity contribution in [2.24, 2.45) is 0 Å². The maximum Gasteiger partial charge on any atom is 0.243 e. The second kappa shape index (κ2) is 10.2. The predicted molar refractivity (Wildman–Crippen MR) is 112 cm³/mol. The summed E-state index contributed by atoms with van der Waals surface area (Å²) in [5.74, 6) is -0.203. The summed E-state index contributed by atoms with van der Waals surface area (Å²) in [5.41, 5.74) is 1.62. The van der Waals surface area contributed by atoms with Crippen LogP contribution in [0, 0.1) is 13.8 Å². The third-order valence-corrected chi connectivity index (χ3v) is 6.98. The Labute approximate surface area is 173 Å². The van der Waals surface area contributed by atoms with E-state index in [1.54, 1.807) is 29.8 Å². The Morgan fingerprint density at radius 3 is 2.38 bits per heavy atom. The van der Waals surface area contributed by atoms with Crippen LogP contribution in [-0.4, -0.2) is 87.2 Å². The van der Waals surface area contributed by atoms with Gasteiger partial charge in [0.1, 0.15) is 0 Å². The van der Waals surface area contributed by atoms with Gasteiger partial charge in [-0.3, -0.25) is 14.5 Å². The quantitative estimate of drug-likeness (QED) is 0.660. The van der Waals surface area contributed by atoms with Gasteiger partial charge >= 0.3 is 0 Å². The summed E-state index contributed by atoms with van der Waals surface area (Å²) in [7, 11) is -1.85. The minimum Gasteiger partial charge on any atom is -0.355 e. The van der Waals surface area contributed by atoms with Crippen LogP contribution in [-0.2, 0) is 19.6 Å². The maximum absolute atomic E-state index is 13.0. The van der Waals surface area contributed by atoms with Crippen LogP contribution in [0.25, 0.3) is 0 Å². The number of rotatable bonds is 8. The lowest BCUT2D eigenvalue weighted by Crippen LogP contribution is -2.52. The molecule has 1 aliphatic heterocycles. The molecule has 2 rings (SSSR count). The number of benzene rings is 1. The van der Waals surface area contributed by atoms with E-state index in [9.17, 15) is 18.0 Å². The van der Waals surface area contributed by atoms with Gasteiger partial charge in [-0.05, 0) is 44.5 Å². The second-order valence-electron chi connectivity index (χ2n) is 7.58. The van der Waals surface area contributed by atoms with Gasteiger partial charge in [0.2, 0.25) is 21.8 Å². The van der Waals surface area contributed by atoms with E-state index in [-0.39, 0.29) is 38.0 Å². The molecular weight excluding hydrogens is 392 g/mol. The molecule has 0 bridgehead atoms. The van der Waals surface area contributed by atoms with Crippen LogP contribution in [0.1, 0.15) is 24.5 Å². The standard InChI is InChI=1S/C20H32N4O4S/c1-5-8-21-19(25)14-22(4)15-20(26)23-9-11-24(12-10-23)29(27,28)18-13-16(2)6-7-17(18)3/h6-7,13H,5,8-12,14-15H2,1-4H3,(H,21,25). The predicted octanol–water partition coefficient (Wildman–Crippen LogP) is 0.594. The van der Waals surface area contributed by atoms with Crippen molar-refractivity contribution in [3.63, 3.8) is 0 Å².